The van der Waals surface area contributed by atoms with E-state index in [2.05, 4.69) is 27.2 Å². The maximum Gasteiger partial charge on any atom is 0.428 e. The largest absolute Gasteiger partial charge is 0.428 e. The number of carbonyl (C=O) groups is 1. The van der Waals surface area contributed by atoms with Crippen LogP contribution in [0.2, 0.25) is 0 Å². The van der Waals surface area contributed by atoms with Crippen molar-refractivity contribution in [1.82, 2.24) is 14.8 Å². The molecule has 3 aromatic rings. The fourth-order valence-electron chi connectivity index (χ4n) is 3.91. The number of nitrogens with one attached hydrogen (secondary N) is 1. The molecule has 0 atom stereocenters. The number of anilines is 1. The fraction of sp³-hybridized carbons (Fsp3) is 0.304. The van der Waals surface area contributed by atoms with Gasteiger partial charge in [-0.3, -0.25) is 4.90 Å². The molecule has 0 radical (unpaired) electrons. The van der Waals surface area contributed by atoms with E-state index < -0.39 is 11.8 Å². The van der Waals surface area contributed by atoms with Crippen molar-refractivity contribution in [2.45, 2.75) is 6.42 Å². The first-order valence-electron chi connectivity index (χ1n) is 10.3. The second-order valence-electron chi connectivity index (χ2n) is 7.45. The number of hydrogen-bond donors (Lipinski definition) is 1. The molecule has 1 fully saturated rings. The molecule has 1 N–H and O–H groups in total. The van der Waals surface area contributed by atoms with Crippen LogP contribution < -0.4 is 16.0 Å². The van der Waals surface area contributed by atoms with Crippen molar-refractivity contribution < 1.29 is 13.6 Å². The molecule has 0 bridgehead atoms. The Labute approximate surface area is 179 Å². The number of nitrogens with zero attached hydrogens (tertiary/aromatic N) is 3. The average molecular weight is 424 g/mol. The molecule has 2 heterocycles. The quantitative estimate of drug-likeness (QED) is 0.682. The Morgan fingerprint density at radius 1 is 1.03 bits per heavy atom. The summed E-state index contributed by atoms with van der Waals surface area (Å²) in [5, 5.41) is 2.46. The van der Waals surface area contributed by atoms with Crippen LogP contribution >= 0.6 is 0 Å². The molecule has 0 saturated carbocycles. The lowest BCUT2D eigenvalue weighted by Gasteiger charge is -2.36. The average Bonchev–Trinajstić information content (AvgIpc) is 3.14. The second kappa shape index (κ2) is 9.18. The normalized spacial score (nSPS) is 14.6. The van der Waals surface area contributed by atoms with Crippen LogP contribution in [0.25, 0.3) is 11.3 Å². The standard InChI is InChI=1S/C23H25FN4O3/c1-25-22(29)28-21(17-7-9-18(24)10-8-17)20(31-23(28)30)11-12-26-13-15-27(16-14-26)19-5-3-2-4-6-19/h2-10H,11-16H2,1H3,(H,25,29). The minimum absolute atomic E-state index is 0.368. The van der Waals surface area contributed by atoms with Gasteiger partial charge in [0.15, 0.2) is 0 Å². The summed E-state index contributed by atoms with van der Waals surface area (Å²) < 4.78 is 19.8. The van der Waals surface area contributed by atoms with E-state index in [-0.39, 0.29) is 5.82 Å². The number of amides is 1. The van der Waals surface area contributed by atoms with Gasteiger partial charge in [-0.1, -0.05) is 18.2 Å². The highest BCUT2D eigenvalue weighted by Gasteiger charge is 2.24. The Hall–Kier alpha value is -3.39. The van der Waals surface area contributed by atoms with Crippen LogP contribution in [-0.2, 0) is 6.42 Å². The lowest BCUT2D eigenvalue weighted by Crippen LogP contribution is -2.47. The summed E-state index contributed by atoms with van der Waals surface area (Å²) in [5.74, 6) is -0.716. The first-order chi connectivity index (χ1) is 15.1. The molecule has 8 heteroatoms. The molecular formula is C23H25FN4O3. The number of aromatic nitrogens is 1. The zero-order chi connectivity index (χ0) is 21.8. The zero-order valence-corrected chi connectivity index (χ0v) is 17.4. The monoisotopic (exact) mass is 424 g/mol. The number of para-hydroxylation sites is 1. The third-order valence-electron chi connectivity index (χ3n) is 5.56. The first-order valence-corrected chi connectivity index (χ1v) is 10.3. The van der Waals surface area contributed by atoms with Gasteiger partial charge in [0.25, 0.3) is 0 Å². The number of rotatable bonds is 5. The Bertz CT molecular complexity index is 1080. The van der Waals surface area contributed by atoms with Crippen molar-refractivity contribution in [1.29, 1.82) is 0 Å². The van der Waals surface area contributed by atoms with Crippen LogP contribution in [0.3, 0.4) is 0 Å². The van der Waals surface area contributed by atoms with Crippen LogP contribution in [0.15, 0.2) is 63.8 Å². The topological polar surface area (TPSA) is 70.7 Å². The van der Waals surface area contributed by atoms with Gasteiger partial charge in [0.2, 0.25) is 0 Å². The highest BCUT2D eigenvalue weighted by molar-refractivity contribution is 5.82. The molecule has 1 aromatic heterocycles. The van der Waals surface area contributed by atoms with E-state index in [1.165, 1.54) is 24.9 Å². The van der Waals surface area contributed by atoms with Gasteiger partial charge in [-0.15, -0.1) is 0 Å². The number of carbonyl (C=O) groups excluding carboxylic acids is 1. The molecule has 0 spiro atoms. The number of piperazine rings is 1. The smallest absolute Gasteiger partial charge is 0.412 e. The molecule has 4 rings (SSSR count). The van der Waals surface area contributed by atoms with Crippen molar-refractivity contribution in [2.75, 3.05) is 44.7 Å². The van der Waals surface area contributed by atoms with Gasteiger partial charge in [0, 0.05) is 57.4 Å². The molecule has 1 saturated heterocycles. The molecule has 7 nitrogen and oxygen atoms in total. The first kappa shape index (κ1) is 20.9. The maximum absolute atomic E-state index is 13.4. The summed E-state index contributed by atoms with van der Waals surface area (Å²) in [6.07, 6.45) is 0.470. The molecular weight excluding hydrogens is 399 g/mol. The number of hydrogen-bond acceptors (Lipinski definition) is 5. The zero-order valence-electron chi connectivity index (χ0n) is 17.4. The van der Waals surface area contributed by atoms with Gasteiger partial charge < -0.3 is 14.6 Å². The van der Waals surface area contributed by atoms with E-state index in [0.717, 1.165) is 30.7 Å². The Morgan fingerprint density at radius 2 is 1.71 bits per heavy atom. The highest BCUT2D eigenvalue weighted by atomic mass is 19.1. The number of halogens is 1. The lowest BCUT2D eigenvalue weighted by molar-refractivity contribution is 0.242. The number of oxazole rings is 1. The SMILES string of the molecule is CNC(=O)n1c(-c2ccc(F)cc2)c(CCN2CCN(c3ccccc3)CC2)oc1=O. The Balaban J connectivity index is 1.49. The van der Waals surface area contributed by atoms with Gasteiger partial charge in [-0.2, -0.15) is 4.57 Å². The van der Waals surface area contributed by atoms with E-state index in [4.69, 9.17) is 4.42 Å². The number of benzene rings is 2. The predicted octanol–water partition coefficient (Wildman–Crippen LogP) is 2.80. The van der Waals surface area contributed by atoms with E-state index >= 15 is 0 Å². The lowest BCUT2D eigenvalue weighted by atomic mass is 10.1. The van der Waals surface area contributed by atoms with Crippen molar-refractivity contribution >= 4 is 11.7 Å². The van der Waals surface area contributed by atoms with Gasteiger partial charge in [-0.25, -0.2) is 14.0 Å². The fourth-order valence-corrected chi connectivity index (χ4v) is 3.91. The minimum atomic E-state index is -0.748. The third-order valence-corrected chi connectivity index (χ3v) is 5.56. The predicted molar refractivity (Wildman–Crippen MR) is 117 cm³/mol. The summed E-state index contributed by atoms with van der Waals surface area (Å²) in [4.78, 5) is 29.3. The van der Waals surface area contributed by atoms with Gasteiger partial charge >= 0.3 is 11.8 Å². The molecule has 0 unspecified atom stereocenters. The van der Waals surface area contributed by atoms with Gasteiger partial charge in [0.05, 0.1) is 0 Å². The highest BCUT2D eigenvalue weighted by Crippen LogP contribution is 2.24. The van der Waals surface area contributed by atoms with Crippen molar-refractivity contribution in [3.63, 3.8) is 0 Å². The summed E-state index contributed by atoms with van der Waals surface area (Å²) in [7, 11) is 1.45. The van der Waals surface area contributed by atoms with Crippen LogP contribution in [0, 0.1) is 5.82 Å². The van der Waals surface area contributed by atoms with Crippen molar-refractivity contribution in [3.05, 3.63) is 76.7 Å². The molecule has 1 aliphatic heterocycles. The van der Waals surface area contributed by atoms with Crippen LogP contribution in [0.1, 0.15) is 5.76 Å². The van der Waals surface area contributed by atoms with Gasteiger partial charge in [0.1, 0.15) is 17.3 Å². The Morgan fingerprint density at radius 3 is 2.35 bits per heavy atom. The molecule has 1 amide bonds. The van der Waals surface area contributed by atoms with Crippen molar-refractivity contribution in [2.24, 2.45) is 0 Å². The molecule has 1 aliphatic rings. The van der Waals surface area contributed by atoms with E-state index in [0.29, 0.717) is 30.0 Å². The van der Waals surface area contributed by atoms with Crippen molar-refractivity contribution in [3.8, 4) is 11.3 Å². The van der Waals surface area contributed by atoms with E-state index in [1.807, 2.05) is 18.2 Å². The second-order valence-corrected chi connectivity index (χ2v) is 7.45. The van der Waals surface area contributed by atoms with Crippen LogP contribution in [-0.4, -0.2) is 55.3 Å². The van der Waals surface area contributed by atoms with E-state index in [1.54, 1.807) is 12.1 Å². The third kappa shape index (κ3) is 4.54. The van der Waals surface area contributed by atoms with Gasteiger partial charge in [-0.05, 0) is 36.4 Å². The Kier molecular flexibility index (Phi) is 6.18. The molecule has 31 heavy (non-hydrogen) atoms. The van der Waals surface area contributed by atoms with Crippen LogP contribution in [0.5, 0.6) is 0 Å². The summed E-state index contributed by atoms with van der Waals surface area (Å²) in [6, 6.07) is 15.4. The molecule has 2 aromatic carbocycles. The molecule has 0 aliphatic carbocycles. The summed E-state index contributed by atoms with van der Waals surface area (Å²) in [6.45, 7) is 4.30. The van der Waals surface area contributed by atoms with Crippen LogP contribution in [0.4, 0.5) is 14.9 Å². The maximum atomic E-state index is 13.4. The summed E-state index contributed by atoms with van der Waals surface area (Å²) >= 11 is 0. The molecule has 162 valence electrons. The summed E-state index contributed by atoms with van der Waals surface area (Å²) in [5.41, 5.74) is 2.14. The van der Waals surface area contributed by atoms with E-state index in [9.17, 15) is 14.0 Å². The minimum Gasteiger partial charge on any atom is -0.412 e.